The van der Waals surface area contributed by atoms with Gasteiger partial charge in [0.2, 0.25) is 0 Å². The fourth-order valence-corrected chi connectivity index (χ4v) is 1.81. The fourth-order valence-electron chi connectivity index (χ4n) is 1.81. The fraction of sp³-hybridized carbons (Fsp3) is 0.533. The molecule has 0 unspecified atom stereocenters. The number of hydrogen-bond acceptors (Lipinski definition) is 3. The highest BCUT2D eigenvalue weighted by atomic mass is 16.1. The molecule has 1 rings (SSSR count). The van der Waals surface area contributed by atoms with Gasteiger partial charge in [-0.1, -0.05) is 13.8 Å². The lowest BCUT2D eigenvalue weighted by Gasteiger charge is -2.25. The third kappa shape index (κ3) is 3.25. The second kappa shape index (κ2) is 6.43. The molecule has 0 radical (unpaired) electrons. The number of carbonyl (C=O) groups is 1. The zero-order valence-corrected chi connectivity index (χ0v) is 12.6. The van der Waals surface area contributed by atoms with E-state index in [1.807, 2.05) is 53.8 Å². The Morgan fingerprint density at radius 3 is 2.17 bits per heavy atom. The molecule has 0 saturated heterocycles. The minimum atomic E-state index is -0.469. The molecule has 0 spiro atoms. The van der Waals surface area contributed by atoms with Crippen molar-refractivity contribution in [3.63, 3.8) is 0 Å². The normalized spacial score (nSPS) is 10.4. The zero-order chi connectivity index (χ0) is 14.5. The standard InChI is InChI=1S/C13H20N2O.C2H6/c1-8-6-11(14)12(15-5)7-10(8)13(3,4)9(2)16;1-2/h6-7,15H,14H2,1-5H3;1-2H3. The number of aryl methyl sites for hydroxylation is 1. The molecule has 0 aromatic heterocycles. The second-order valence-electron chi connectivity index (χ2n) is 4.69. The van der Waals surface area contributed by atoms with Crippen LogP contribution in [0.4, 0.5) is 11.4 Å². The van der Waals surface area contributed by atoms with Gasteiger partial charge in [-0.05, 0) is 51.0 Å². The van der Waals surface area contributed by atoms with E-state index in [-0.39, 0.29) is 5.78 Å². The molecule has 0 aliphatic carbocycles. The maximum atomic E-state index is 11.7. The molecule has 3 nitrogen and oxygen atoms in total. The molecule has 102 valence electrons. The van der Waals surface area contributed by atoms with E-state index in [1.165, 1.54) is 0 Å². The lowest BCUT2D eigenvalue weighted by atomic mass is 9.78. The minimum absolute atomic E-state index is 0.155. The van der Waals surface area contributed by atoms with Crippen molar-refractivity contribution in [1.82, 2.24) is 0 Å². The Morgan fingerprint density at radius 1 is 1.28 bits per heavy atom. The Labute approximate surface area is 111 Å². The SMILES string of the molecule is CC.CNc1cc(C(C)(C)C(C)=O)c(C)cc1N. The number of nitrogen functional groups attached to an aromatic ring is 1. The van der Waals surface area contributed by atoms with Crippen molar-refractivity contribution in [2.75, 3.05) is 18.1 Å². The molecular weight excluding hydrogens is 224 g/mol. The van der Waals surface area contributed by atoms with E-state index in [9.17, 15) is 4.79 Å². The first kappa shape index (κ1) is 16.5. The highest BCUT2D eigenvalue weighted by molar-refractivity contribution is 5.88. The van der Waals surface area contributed by atoms with Gasteiger partial charge in [0, 0.05) is 12.5 Å². The number of benzene rings is 1. The van der Waals surface area contributed by atoms with Crippen LogP contribution >= 0.6 is 0 Å². The Morgan fingerprint density at radius 2 is 1.78 bits per heavy atom. The molecular formula is C15H26N2O. The third-order valence-corrected chi connectivity index (χ3v) is 3.22. The summed E-state index contributed by atoms with van der Waals surface area (Å²) in [5.41, 5.74) is 9.06. The monoisotopic (exact) mass is 250 g/mol. The van der Waals surface area contributed by atoms with Gasteiger partial charge in [0.25, 0.3) is 0 Å². The van der Waals surface area contributed by atoms with E-state index in [4.69, 9.17) is 5.73 Å². The van der Waals surface area contributed by atoms with Gasteiger partial charge >= 0.3 is 0 Å². The van der Waals surface area contributed by atoms with Gasteiger partial charge in [0.15, 0.2) is 0 Å². The van der Waals surface area contributed by atoms with Crippen LogP contribution in [0.15, 0.2) is 12.1 Å². The van der Waals surface area contributed by atoms with Gasteiger partial charge in [-0.15, -0.1) is 0 Å². The van der Waals surface area contributed by atoms with Crippen molar-refractivity contribution < 1.29 is 4.79 Å². The lowest BCUT2D eigenvalue weighted by Crippen LogP contribution is -2.27. The van der Waals surface area contributed by atoms with Crippen LogP contribution in [0, 0.1) is 6.92 Å². The van der Waals surface area contributed by atoms with Gasteiger partial charge in [-0.25, -0.2) is 0 Å². The van der Waals surface area contributed by atoms with E-state index < -0.39 is 5.41 Å². The Kier molecular flexibility index (Phi) is 5.89. The Bertz CT molecular complexity index is 423. The number of nitrogens with one attached hydrogen (secondary N) is 1. The molecule has 0 amide bonds. The largest absolute Gasteiger partial charge is 0.397 e. The van der Waals surface area contributed by atoms with Crippen molar-refractivity contribution >= 4 is 17.2 Å². The summed E-state index contributed by atoms with van der Waals surface area (Å²) < 4.78 is 0. The minimum Gasteiger partial charge on any atom is -0.397 e. The first-order chi connectivity index (χ1) is 8.30. The van der Waals surface area contributed by atoms with Crippen molar-refractivity contribution in [2.45, 2.75) is 47.0 Å². The first-order valence-electron chi connectivity index (χ1n) is 6.40. The molecule has 0 heterocycles. The van der Waals surface area contributed by atoms with Crippen LogP contribution in [0.2, 0.25) is 0 Å². The molecule has 1 aromatic rings. The molecule has 0 atom stereocenters. The predicted octanol–water partition coefficient (Wildman–Crippen LogP) is 3.51. The number of rotatable bonds is 3. The average Bonchev–Trinajstić information content (AvgIpc) is 2.31. The molecule has 0 fully saturated rings. The topological polar surface area (TPSA) is 55.1 Å². The van der Waals surface area contributed by atoms with Crippen LogP contribution in [-0.2, 0) is 10.2 Å². The van der Waals surface area contributed by atoms with Crippen LogP contribution in [0.1, 0.15) is 45.7 Å². The predicted molar refractivity (Wildman–Crippen MR) is 80.2 cm³/mol. The quantitative estimate of drug-likeness (QED) is 0.807. The molecule has 0 aliphatic rings. The van der Waals surface area contributed by atoms with Gasteiger partial charge < -0.3 is 11.1 Å². The highest BCUT2D eigenvalue weighted by Gasteiger charge is 2.28. The summed E-state index contributed by atoms with van der Waals surface area (Å²) in [6, 6.07) is 3.87. The maximum Gasteiger partial charge on any atom is 0.139 e. The van der Waals surface area contributed by atoms with Crippen LogP contribution in [0.3, 0.4) is 0 Å². The molecule has 18 heavy (non-hydrogen) atoms. The molecule has 0 aliphatic heterocycles. The van der Waals surface area contributed by atoms with Gasteiger partial charge in [0.05, 0.1) is 11.4 Å². The van der Waals surface area contributed by atoms with Crippen LogP contribution in [0.25, 0.3) is 0 Å². The Hall–Kier alpha value is -1.51. The van der Waals surface area contributed by atoms with Crippen molar-refractivity contribution in [1.29, 1.82) is 0 Å². The Balaban J connectivity index is 0.00000137. The number of hydrogen-bond donors (Lipinski definition) is 2. The summed E-state index contributed by atoms with van der Waals surface area (Å²) in [6.07, 6.45) is 0. The molecule has 3 heteroatoms. The zero-order valence-electron chi connectivity index (χ0n) is 12.6. The van der Waals surface area contributed by atoms with E-state index in [1.54, 1.807) is 6.92 Å². The number of nitrogens with two attached hydrogens (primary N) is 1. The number of Topliss-reactive ketones (excluding diaryl/α,β-unsaturated/α-hetero) is 1. The van der Waals surface area contributed by atoms with Gasteiger partial charge in [-0.3, -0.25) is 4.79 Å². The summed E-state index contributed by atoms with van der Waals surface area (Å²) in [4.78, 5) is 11.7. The van der Waals surface area contributed by atoms with E-state index >= 15 is 0 Å². The maximum absolute atomic E-state index is 11.7. The van der Waals surface area contributed by atoms with E-state index in [0.29, 0.717) is 5.69 Å². The smallest absolute Gasteiger partial charge is 0.139 e. The molecule has 1 aromatic carbocycles. The average molecular weight is 250 g/mol. The number of ketones is 1. The number of anilines is 2. The number of carbonyl (C=O) groups excluding carboxylic acids is 1. The highest BCUT2D eigenvalue weighted by Crippen LogP contribution is 2.32. The summed E-state index contributed by atoms with van der Waals surface area (Å²) in [7, 11) is 1.82. The molecule has 3 N–H and O–H groups in total. The van der Waals surface area contributed by atoms with Crippen molar-refractivity contribution in [3.8, 4) is 0 Å². The summed E-state index contributed by atoms with van der Waals surface area (Å²) in [5, 5.41) is 3.04. The third-order valence-electron chi connectivity index (χ3n) is 3.22. The first-order valence-corrected chi connectivity index (χ1v) is 6.40. The van der Waals surface area contributed by atoms with Crippen LogP contribution in [0.5, 0.6) is 0 Å². The summed E-state index contributed by atoms with van der Waals surface area (Å²) in [6.45, 7) is 11.5. The summed E-state index contributed by atoms with van der Waals surface area (Å²) in [5.74, 6) is 0.155. The van der Waals surface area contributed by atoms with E-state index in [0.717, 1.165) is 16.8 Å². The van der Waals surface area contributed by atoms with Crippen molar-refractivity contribution in [2.24, 2.45) is 0 Å². The second-order valence-corrected chi connectivity index (χ2v) is 4.69. The molecule has 0 saturated carbocycles. The van der Waals surface area contributed by atoms with Crippen LogP contribution < -0.4 is 11.1 Å². The summed E-state index contributed by atoms with van der Waals surface area (Å²) >= 11 is 0. The van der Waals surface area contributed by atoms with Gasteiger partial charge in [0.1, 0.15) is 5.78 Å². The lowest BCUT2D eigenvalue weighted by molar-refractivity contribution is -0.121. The molecule has 0 bridgehead atoms. The van der Waals surface area contributed by atoms with Crippen LogP contribution in [-0.4, -0.2) is 12.8 Å². The van der Waals surface area contributed by atoms with Crippen molar-refractivity contribution in [3.05, 3.63) is 23.3 Å². The van der Waals surface area contributed by atoms with Gasteiger partial charge in [-0.2, -0.15) is 0 Å². The van der Waals surface area contributed by atoms with E-state index in [2.05, 4.69) is 5.32 Å².